The number of aromatic nitrogens is 2. The lowest BCUT2D eigenvalue weighted by atomic mass is 10.3. The van der Waals surface area contributed by atoms with Gasteiger partial charge in [-0.3, -0.25) is 9.59 Å². The van der Waals surface area contributed by atoms with Gasteiger partial charge in [-0.15, -0.1) is 0 Å². The zero-order valence-electron chi connectivity index (χ0n) is 6.85. The fourth-order valence-electron chi connectivity index (χ4n) is 0.606. The minimum atomic E-state index is -0.700. The molecule has 0 unspecified atom stereocenters. The van der Waals surface area contributed by atoms with E-state index in [1.165, 1.54) is 13.1 Å². The summed E-state index contributed by atoms with van der Waals surface area (Å²) in [6, 6.07) is -0.700. The molecular formula is C6H8N4O2S. The van der Waals surface area contributed by atoms with E-state index < -0.39 is 17.9 Å². The fraction of sp³-hybridized carbons (Fsp3) is 0.333. The van der Waals surface area contributed by atoms with Crippen molar-refractivity contribution in [3.8, 4) is 0 Å². The summed E-state index contributed by atoms with van der Waals surface area (Å²) in [6.07, 6.45) is 1.33. The number of nitrogens with one attached hydrogen (secondary N) is 1. The Morgan fingerprint density at radius 3 is 2.85 bits per heavy atom. The molecule has 2 amide bonds. The molecule has 7 heteroatoms. The van der Waals surface area contributed by atoms with Crippen LogP contribution in [0.15, 0.2) is 6.20 Å². The van der Waals surface area contributed by atoms with Crippen LogP contribution in [0.25, 0.3) is 0 Å². The Bertz CT molecular complexity index is 310. The van der Waals surface area contributed by atoms with E-state index in [-0.39, 0.29) is 5.69 Å². The van der Waals surface area contributed by atoms with Gasteiger partial charge in [0.05, 0.1) is 17.9 Å². The Kier molecular flexibility index (Phi) is 2.91. The Morgan fingerprint density at radius 2 is 2.38 bits per heavy atom. The van der Waals surface area contributed by atoms with Gasteiger partial charge in [-0.2, -0.15) is 8.75 Å². The summed E-state index contributed by atoms with van der Waals surface area (Å²) in [5, 5.41) is 2.37. The molecule has 0 radical (unpaired) electrons. The van der Waals surface area contributed by atoms with Gasteiger partial charge in [-0.1, -0.05) is 0 Å². The molecule has 0 aromatic carbocycles. The second kappa shape index (κ2) is 3.94. The maximum Gasteiger partial charge on any atom is 0.273 e. The summed E-state index contributed by atoms with van der Waals surface area (Å²) in [5.41, 5.74) is 5.14. The number of nitrogens with two attached hydrogens (primary N) is 1. The van der Waals surface area contributed by atoms with Gasteiger partial charge in [0.1, 0.15) is 6.04 Å². The van der Waals surface area contributed by atoms with Gasteiger partial charge >= 0.3 is 0 Å². The molecule has 0 saturated heterocycles. The van der Waals surface area contributed by atoms with Crippen LogP contribution in [0.3, 0.4) is 0 Å². The summed E-state index contributed by atoms with van der Waals surface area (Å²) < 4.78 is 7.34. The molecule has 1 heterocycles. The van der Waals surface area contributed by atoms with Crippen molar-refractivity contribution in [1.29, 1.82) is 0 Å². The third kappa shape index (κ3) is 2.48. The zero-order chi connectivity index (χ0) is 9.84. The van der Waals surface area contributed by atoms with Gasteiger partial charge in [-0.05, 0) is 6.92 Å². The molecule has 6 nitrogen and oxygen atoms in total. The number of hydrogen-bond acceptors (Lipinski definition) is 5. The van der Waals surface area contributed by atoms with Crippen molar-refractivity contribution in [1.82, 2.24) is 14.1 Å². The van der Waals surface area contributed by atoms with Crippen LogP contribution in [0.4, 0.5) is 0 Å². The predicted molar refractivity (Wildman–Crippen MR) is 46.0 cm³/mol. The van der Waals surface area contributed by atoms with Crippen LogP contribution in [-0.4, -0.2) is 26.6 Å². The quantitative estimate of drug-likeness (QED) is 0.663. The third-order valence-electron chi connectivity index (χ3n) is 1.37. The Hall–Kier alpha value is -1.50. The topological polar surface area (TPSA) is 98.0 Å². The van der Waals surface area contributed by atoms with Crippen LogP contribution in [-0.2, 0) is 4.79 Å². The third-order valence-corrected chi connectivity index (χ3v) is 1.85. The van der Waals surface area contributed by atoms with Crippen LogP contribution in [0.1, 0.15) is 17.4 Å². The molecule has 0 aliphatic heterocycles. The van der Waals surface area contributed by atoms with E-state index in [0.29, 0.717) is 0 Å². The summed E-state index contributed by atoms with van der Waals surface area (Å²) in [5.74, 6) is -1.03. The van der Waals surface area contributed by atoms with E-state index in [9.17, 15) is 9.59 Å². The lowest BCUT2D eigenvalue weighted by Gasteiger charge is -2.07. The van der Waals surface area contributed by atoms with E-state index in [0.717, 1.165) is 11.7 Å². The molecule has 1 rings (SSSR count). The number of amides is 2. The second-order valence-corrected chi connectivity index (χ2v) is 2.95. The van der Waals surface area contributed by atoms with Crippen LogP contribution in [0.5, 0.6) is 0 Å². The molecular weight excluding hydrogens is 192 g/mol. The first-order chi connectivity index (χ1) is 6.11. The van der Waals surface area contributed by atoms with E-state index in [1.54, 1.807) is 0 Å². The highest BCUT2D eigenvalue weighted by molar-refractivity contribution is 6.99. The van der Waals surface area contributed by atoms with Crippen molar-refractivity contribution in [2.45, 2.75) is 13.0 Å². The monoisotopic (exact) mass is 200 g/mol. The summed E-state index contributed by atoms with van der Waals surface area (Å²) >= 11 is 0.926. The Morgan fingerprint density at radius 1 is 1.69 bits per heavy atom. The van der Waals surface area contributed by atoms with Crippen LogP contribution in [0.2, 0.25) is 0 Å². The molecule has 1 atom stereocenters. The van der Waals surface area contributed by atoms with Crippen molar-refractivity contribution in [3.63, 3.8) is 0 Å². The largest absolute Gasteiger partial charge is 0.368 e. The molecule has 0 spiro atoms. The standard InChI is InChI=1S/C6H8N4O2S/c1-3(5(7)11)9-6(12)4-2-8-13-10-4/h2-3H,1H3,(H2,7,11)(H,9,12)/t3-/m1/s1. The van der Waals surface area contributed by atoms with Crippen molar-refractivity contribution in [2.24, 2.45) is 5.73 Å². The molecule has 0 bridgehead atoms. The lowest BCUT2D eigenvalue weighted by Crippen LogP contribution is -2.42. The molecule has 70 valence electrons. The highest BCUT2D eigenvalue weighted by Gasteiger charge is 2.14. The highest BCUT2D eigenvalue weighted by atomic mass is 32.1. The SMILES string of the molecule is C[C@@H](NC(=O)c1cnsn1)C(N)=O. The average molecular weight is 200 g/mol. The first-order valence-corrected chi connectivity index (χ1v) is 4.22. The zero-order valence-corrected chi connectivity index (χ0v) is 7.67. The number of rotatable bonds is 3. The van der Waals surface area contributed by atoms with Gasteiger partial charge in [-0.25, -0.2) is 0 Å². The van der Waals surface area contributed by atoms with Gasteiger partial charge in [0, 0.05) is 0 Å². The first-order valence-electron chi connectivity index (χ1n) is 3.49. The number of primary amides is 1. The maximum absolute atomic E-state index is 11.2. The van der Waals surface area contributed by atoms with Crippen LogP contribution < -0.4 is 11.1 Å². The number of carbonyl (C=O) groups excluding carboxylic acids is 2. The van der Waals surface area contributed by atoms with Gasteiger partial charge in [0.25, 0.3) is 5.91 Å². The molecule has 1 aromatic heterocycles. The maximum atomic E-state index is 11.2. The van der Waals surface area contributed by atoms with Crippen molar-refractivity contribution < 1.29 is 9.59 Å². The molecule has 0 fully saturated rings. The molecule has 0 aliphatic rings. The average Bonchev–Trinajstić information content (AvgIpc) is 2.55. The summed E-state index contributed by atoms with van der Waals surface area (Å²) in [6.45, 7) is 1.50. The van der Waals surface area contributed by atoms with E-state index in [2.05, 4.69) is 14.1 Å². The van der Waals surface area contributed by atoms with E-state index in [1.807, 2.05) is 0 Å². The lowest BCUT2D eigenvalue weighted by molar-refractivity contribution is -0.119. The smallest absolute Gasteiger partial charge is 0.273 e. The fourth-order valence-corrected chi connectivity index (χ4v) is 1.02. The highest BCUT2D eigenvalue weighted by Crippen LogP contribution is 1.95. The summed E-state index contributed by atoms with van der Waals surface area (Å²) in [4.78, 5) is 21.8. The second-order valence-electron chi connectivity index (χ2n) is 2.39. The minimum absolute atomic E-state index is 0.193. The molecule has 0 saturated carbocycles. The molecule has 0 aliphatic carbocycles. The van der Waals surface area contributed by atoms with Gasteiger partial charge in [0.2, 0.25) is 5.91 Å². The normalized spacial score (nSPS) is 12.1. The van der Waals surface area contributed by atoms with E-state index >= 15 is 0 Å². The first kappa shape index (κ1) is 9.59. The number of hydrogen-bond donors (Lipinski definition) is 2. The Labute approximate surface area is 78.5 Å². The molecule has 1 aromatic rings. The van der Waals surface area contributed by atoms with Gasteiger partial charge in [0.15, 0.2) is 5.69 Å². The van der Waals surface area contributed by atoms with Crippen molar-refractivity contribution >= 4 is 23.5 Å². The van der Waals surface area contributed by atoms with E-state index in [4.69, 9.17) is 5.73 Å². The van der Waals surface area contributed by atoms with Crippen LogP contribution in [0, 0.1) is 0 Å². The van der Waals surface area contributed by atoms with Crippen molar-refractivity contribution in [2.75, 3.05) is 0 Å². The summed E-state index contributed by atoms with van der Waals surface area (Å²) in [7, 11) is 0. The van der Waals surface area contributed by atoms with Crippen molar-refractivity contribution in [3.05, 3.63) is 11.9 Å². The minimum Gasteiger partial charge on any atom is -0.368 e. The number of nitrogens with zero attached hydrogens (tertiary/aromatic N) is 2. The van der Waals surface area contributed by atoms with Gasteiger partial charge < -0.3 is 11.1 Å². The Balaban J connectivity index is 2.56. The van der Waals surface area contributed by atoms with Crippen LogP contribution >= 0.6 is 11.7 Å². The molecule has 3 N–H and O–H groups in total. The molecule has 13 heavy (non-hydrogen) atoms. The predicted octanol–water partition coefficient (Wildman–Crippen LogP) is -0.858. The number of carbonyl (C=O) groups is 2.